The van der Waals surface area contributed by atoms with Crippen molar-refractivity contribution in [1.82, 2.24) is 5.32 Å². The Balaban J connectivity index is 1.51. The van der Waals surface area contributed by atoms with Crippen LogP contribution in [-0.4, -0.2) is 39.4 Å². The number of hydrogen-bond donors (Lipinski definition) is 1. The Labute approximate surface area is 164 Å². The van der Waals surface area contributed by atoms with Crippen LogP contribution in [-0.2, 0) is 21.5 Å². The van der Waals surface area contributed by atoms with Crippen LogP contribution in [0.3, 0.4) is 0 Å². The Bertz CT molecular complexity index is 827. The van der Waals surface area contributed by atoms with E-state index in [1.807, 2.05) is 42.5 Å². The highest BCUT2D eigenvalue weighted by Gasteiger charge is 2.41. The topological polar surface area (TPSA) is 66.0 Å². The molecule has 0 radical (unpaired) electrons. The maximum absolute atomic E-state index is 13.3. The Hall–Kier alpha value is -2.73. The van der Waals surface area contributed by atoms with E-state index >= 15 is 0 Å². The van der Waals surface area contributed by atoms with Crippen molar-refractivity contribution in [3.05, 3.63) is 53.6 Å². The molecule has 2 heterocycles. The molecule has 1 saturated heterocycles. The first-order valence-corrected chi connectivity index (χ1v) is 9.60. The number of nitrogens with one attached hydrogen (secondary N) is 1. The van der Waals surface area contributed by atoms with Gasteiger partial charge in [0.25, 0.3) is 0 Å². The highest BCUT2D eigenvalue weighted by Crippen LogP contribution is 2.36. The zero-order chi connectivity index (χ0) is 19.4. The van der Waals surface area contributed by atoms with Crippen molar-refractivity contribution in [1.29, 1.82) is 0 Å². The first-order chi connectivity index (χ1) is 13.7. The van der Waals surface area contributed by atoms with Gasteiger partial charge >= 0.3 is 0 Å². The van der Waals surface area contributed by atoms with Crippen molar-refractivity contribution in [3.8, 4) is 17.2 Å². The first-order valence-electron chi connectivity index (χ1n) is 9.60. The fraction of sp³-hybridized carbons (Fsp3) is 0.409. The van der Waals surface area contributed by atoms with Gasteiger partial charge in [0.2, 0.25) is 5.91 Å². The number of hydrogen-bond acceptors (Lipinski definition) is 5. The van der Waals surface area contributed by atoms with Crippen molar-refractivity contribution in [3.63, 3.8) is 0 Å². The third kappa shape index (κ3) is 3.64. The van der Waals surface area contributed by atoms with Crippen LogP contribution in [0.1, 0.15) is 24.0 Å². The number of carbonyl (C=O) groups excluding carboxylic acids is 1. The molecule has 28 heavy (non-hydrogen) atoms. The van der Waals surface area contributed by atoms with Gasteiger partial charge in [0.15, 0.2) is 11.5 Å². The lowest BCUT2D eigenvalue weighted by atomic mass is 9.73. The molecule has 1 amide bonds. The molecule has 0 saturated carbocycles. The lowest BCUT2D eigenvalue weighted by Crippen LogP contribution is -2.47. The van der Waals surface area contributed by atoms with Crippen molar-refractivity contribution < 1.29 is 23.7 Å². The summed E-state index contributed by atoms with van der Waals surface area (Å²) in [4.78, 5) is 13.3. The summed E-state index contributed by atoms with van der Waals surface area (Å²) in [5.74, 6) is 2.29. The molecule has 2 aliphatic heterocycles. The van der Waals surface area contributed by atoms with Crippen molar-refractivity contribution >= 4 is 5.91 Å². The van der Waals surface area contributed by atoms with Crippen LogP contribution in [0, 0.1) is 0 Å². The number of methoxy groups -OCH3 is 1. The fourth-order valence-electron chi connectivity index (χ4n) is 3.83. The lowest BCUT2D eigenvalue weighted by Gasteiger charge is -2.36. The van der Waals surface area contributed by atoms with Gasteiger partial charge < -0.3 is 24.3 Å². The molecule has 1 fully saturated rings. The van der Waals surface area contributed by atoms with Crippen LogP contribution >= 0.6 is 0 Å². The van der Waals surface area contributed by atoms with Gasteiger partial charge in [0.05, 0.1) is 12.5 Å². The van der Waals surface area contributed by atoms with Crippen LogP contribution in [0.5, 0.6) is 17.2 Å². The van der Waals surface area contributed by atoms with Crippen molar-refractivity contribution in [2.45, 2.75) is 24.8 Å². The highest BCUT2D eigenvalue weighted by molar-refractivity contribution is 5.88. The molecule has 4 rings (SSSR count). The molecule has 0 spiro atoms. The third-order valence-corrected chi connectivity index (χ3v) is 5.48. The minimum Gasteiger partial charge on any atom is -0.497 e. The summed E-state index contributed by atoms with van der Waals surface area (Å²) >= 11 is 0. The highest BCUT2D eigenvalue weighted by atomic mass is 16.6. The predicted molar refractivity (Wildman–Crippen MR) is 104 cm³/mol. The normalized spacial score (nSPS) is 17.6. The standard InChI is InChI=1S/C22H25NO5/c1-25-18-5-3-17(4-6-18)22(8-10-26-11-9-22)21(24)23-15-16-2-7-19-20(14-16)28-13-12-27-19/h2-7,14H,8-13,15H2,1H3,(H,23,24). The Morgan fingerprint density at radius 2 is 1.71 bits per heavy atom. The van der Waals surface area contributed by atoms with E-state index in [0.29, 0.717) is 45.8 Å². The fourth-order valence-corrected chi connectivity index (χ4v) is 3.83. The van der Waals surface area contributed by atoms with Crippen LogP contribution in [0.25, 0.3) is 0 Å². The van der Waals surface area contributed by atoms with Crippen LogP contribution in [0.4, 0.5) is 0 Å². The molecule has 0 aliphatic carbocycles. The summed E-state index contributed by atoms with van der Waals surface area (Å²) in [7, 11) is 1.64. The van der Waals surface area contributed by atoms with E-state index in [1.165, 1.54) is 0 Å². The van der Waals surface area contributed by atoms with Gasteiger partial charge in [-0.3, -0.25) is 4.79 Å². The van der Waals surface area contributed by atoms with Gasteiger partial charge in [-0.05, 0) is 48.2 Å². The number of fused-ring (bicyclic) bond motifs is 1. The summed E-state index contributed by atoms with van der Waals surface area (Å²) in [6.45, 7) is 2.69. The van der Waals surface area contributed by atoms with Crippen LogP contribution < -0.4 is 19.5 Å². The van der Waals surface area contributed by atoms with E-state index in [4.69, 9.17) is 18.9 Å². The predicted octanol–water partition coefficient (Wildman–Crippen LogP) is 2.83. The summed E-state index contributed by atoms with van der Waals surface area (Å²) in [5, 5.41) is 3.12. The second kappa shape index (κ2) is 8.10. The van der Waals surface area contributed by atoms with Crippen LogP contribution in [0.2, 0.25) is 0 Å². The minimum atomic E-state index is -0.585. The molecule has 2 aliphatic rings. The van der Waals surface area contributed by atoms with Gasteiger partial charge in [0.1, 0.15) is 19.0 Å². The van der Waals surface area contributed by atoms with E-state index < -0.39 is 5.41 Å². The van der Waals surface area contributed by atoms with Gasteiger partial charge in [0, 0.05) is 19.8 Å². The summed E-state index contributed by atoms with van der Waals surface area (Å²) in [6, 6.07) is 13.5. The molecule has 0 bridgehead atoms. The van der Waals surface area contributed by atoms with Gasteiger partial charge in [-0.15, -0.1) is 0 Å². The van der Waals surface area contributed by atoms with E-state index in [-0.39, 0.29) is 5.91 Å². The molecule has 0 aromatic heterocycles. The summed E-state index contributed by atoms with van der Waals surface area (Å²) < 4.78 is 22.0. The number of rotatable bonds is 5. The third-order valence-electron chi connectivity index (χ3n) is 5.48. The average molecular weight is 383 g/mol. The second-order valence-corrected chi connectivity index (χ2v) is 7.08. The summed E-state index contributed by atoms with van der Waals surface area (Å²) in [5.41, 5.74) is 1.39. The lowest BCUT2D eigenvalue weighted by molar-refractivity contribution is -0.130. The van der Waals surface area contributed by atoms with Crippen molar-refractivity contribution in [2.75, 3.05) is 33.5 Å². The number of ether oxygens (including phenoxy) is 4. The van der Waals surface area contributed by atoms with Crippen molar-refractivity contribution in [2.24, 2.45) is 0 Å². The Morgan fingerprint density at radius 1 is 1.00 bits per heavy atom. The molecular formula is C22H25NO5. The quantitative estimate of drug-likeness (QED) is 0.860. The molecule has 6 nitrogen and oxygen atoms in total. The number of benzene rings is 2. The van der Waals surface area contributed by atoms with Gasteiger partial charge in [-0.2, -0.15) is 0 Å². The van der Waals surface area contributed by atoms with E-state index in [2.05, 4.69) is 5.32 Å². The molecule has 2 aromatic rings. The monoisotopic (exact) mass is 383 g/mol. The molecule has 1 N–H and O–H groups in total. The van der Waals surface area contributed by atoms with Gasteiger partial charge in [-0.25, -0.2) is 0 Å². The second-order valence-electron chi connectivity index (χ2n) is 7.08. The average Bonchev–Trinajstić information content (AvgIpc) is 2.77. The zero-order valence-corrected chi connectivity index (χ0v) is 16.0. The minimum absolute atomic E-state index is 0.0239. The molecular weight excluding hydrogens is 358 g/mol. The molecule has 148 valence electrons. The summed E-state index contributed by atoms with van der Waals surface area (Å²) in [6.07, 6.45) is 1.32. The maximum atomic E-state index is 13.3. The zero-order valence-electron chi connectivity index (χ0n) is 16.0. The van der Waals surface area contributed by atoms with E-state index in [0.717, 1.165) is 28.4 Å². The maximum Gasteiger partial charge on any atom is 0.231 e. The number of carbonyl (C=O) groups is 1. The molecule has 0 atom stereocenters. The number of amides is 1. The smallest absolute Gasteiger partial charge is 0.231 e. The van der Waals surface area contributed by atoms with E-state index in [1.54, 1.807) is 7.11 Å². The van der Waals surface area contributed by atoms with Crippen LogP contribution in [0.15, 0.2) is 42.5 Å². The SMILES string of the molecule is COc1ccc(C2(C(=O)NCc3ccc4c(c3)OCCO4)CCOCC2)cc1. The Morgan fingerprint density at radius 3 is 2.43 bits per heavy atom. The van der Waals surface area contributed by atoms with Gasteiger partial charge in [-0.1, -0.05) is 18.2 Å². The van der Waals surface area contributed by atoms with E-state index in [9.17, 15) is 4.79 Å². The largest absolute Gasteiger partial charge is 0.497 e. The molecule has 6 heteroatoms. The molecule has 0 unspecified atom stereocenters. The molecule has 2 aromatic carbocycles. The first kappa shape index (κ1) is 18.6. The Kier molecular flexibility index (Phi) is 5.39.